The van der Waals surface area contributed by atoms with Gasteiger partial charge in [-0.1, -0.05) is 6.92 Å². The third-order valence-corrected chi connectivity index (χ3v) is 5.25. The van der Waals surface area contributed by atoms with Gasteiger partial charge in [-0.15, -0.1) is 11.3 Å². The van der Waals surface area contributed by atoms with Crippen molar-refractivity contribution in [3.05, 3.63) is 75.5 Å². The van der Waals surface area contributed by atoms with Gasteiger partial charge < -0.3 is 10.6 Å². The highest BCUT2D eigenvalue weighted by atomic mass is 32.1. The second-order valence-corrected chi connectivity index (χ2v) is 7.47. The summed E-state index contributed by atoms with van der Waals surface area (Å²) in [6.07, 6.45) is -4.22. The normalized spacial score (nSPS) is 11.3. The van der Waals surface area contributed by atoms with Gasteiger partial charge in [0.1, 0.15) is 5.82 Å². The van der Waals surface area contributed by atoms with Crippen LogP contribution in [0.5, 0.6) is 0 Å². The van der Waals surface area contributed by atoms with Crippen LogP contribution in [-0.2, 0) is 23.8 Å². The molecular formula is C21H17F4N3O2S. The maximum atomic E-state index is 13.5. The molecule has 162 valence electrons. The molecule has 0 unspecified atom stereocenters. The average molecular weight is 451 g/mol. The first-order chi connectivity index (χ1) is 14.7. The average Bonchev–Trinajstić information content (AvgIpc) is 3.16. The zero-order valence-electron chi connectivity index (χ0n) is 16.2. The Morgan fingerprint density at radius 1 is 1.06 bits per heavy atom. The van der Waals surface area contributed by atoms with E-state index < -0.39 is 35.1 Å². The molecule has 0 aliphatic carbocycles. The quantitative estimate of drug-likeness (QED) is 0.500. The topological polar surface area (TPSA) is 71.1 Å². The second-order valence-electron chi connectivity index (χ2n) is 6.53. The molecule has 0 fully saturated rings. The van der Waals surface area contributed by atoms with E-state index in [1.165, 1.54) is 29.5 Å². The molecule has 10 heteroatoms. The van der Waals surface area contributed by atoms with E-state index in [-0.39, 0.29) is 17.7 Å². The molecule has 0 saturated carbocycles. The molecule has 3 rings (SSSR count). The van der Waals surface area contributed by atoms with Gasteiger partial charge in [-0.05, 0) is 48.9 Å². The molecule has 0 bridgehead atoms. The van der Waals surface area contributed by atoms with Crippen molar-refractivity contribution < 1.29 is 27.2 Å². The van der Waals surface area contributed by atoms with E-state index in [0.29, 0.717) is 12.1 Å². The molecule has 2 amide bonds. The lowest BCUT2D eigenvalue weighted by Gasteiger charge is -2.16. The number of hydrogen-bond acceptors (Lipinski definition) is 4. The summed E-state index contributed by atoms with van der Waals surface area (Å²) >= 11 is 1.38. The van der Waals surface area contributed by atoms with Gasteiger partial charge in [-0.2, -0.15) is 13.2 Å². The van der Waals surface area contributed by atoms with Crippen LogP contribution in [0.1, 0.15) is 33.5 Å². The summed E-state index contributed by atoms with van der Waals surface area (Å²) in [6, 6.07) is 7.61. The number of carbonyl (C=O) groups excluding carboxylic acids is 2. The number of carbonyl (C=O) groups is 2. The van der Waals surface area contributed by atoms with Gasteiger partial charge in [0.2, 0.25) is 5.91 Å². The summed E-state index contributed by atoms with van der Waals surface area (Å²) in [5, 5.41) is 7.12. The number of alkyl halides is 3. The molecule has 5 nitrogen and oxygen atoms in total. The number of rotatable bonds is 6. The van der Waals surface area contributed by atoms with Crippen LogP contribution >= 0.6 is 11.3 Å². The van der Waals surface area contributed by atoms with Crippen LogP contribution in [0.15, 0.2) is 47.8 Å². The van der Waals surface area contributed by atoms with Crippen molar-refractivity contribution in [3.8, 4) is 0 Å². The Hall–Kier alpha value is -3.27. The van der Waals surface area contributed by atoms with Crippen LogP contribution in [-0.4, -0.2) is 16.8 Å². The lowest BCUT2D eigenvalue weighted by atomic mass is 10.1. The maximum absolute atomic E-state index is 13.5. The minimum Gasteiger partial charge on any atom is -0.325 e. The van der Waals surface area contributed by atoms with E-state index in [1.54, 1.807) is 5.38 Å². The smallest absolute Gasteiger partial charge is 0.325 e. The van der Waals surface area contributed by atoms with Crippen molar-refractivity contribution in [1.29, 1.82) is 0 Å². The number of halogens is 4. The summed E-state index contributed by atoms with van der Waals surface area (Å²) in [5.74, 6) is -1.87. The molecule has 0 saturated heterocycles. The van der Waals surface area contributed by atoms with E-state index in [9.17, 15) is 27.2 Å². The first kappa shape index (κ1) is 22.4. The fraction of sp³-hybridized carbons (Fsp3) is 0.190. The third kappa shape index (κ3) is 5.88. The molecule has 0 radical (unpaired) electrons. The number of anilines is 2. The standard InChI is InChI=1S/C21H17F4N3O2S/c1-2-19-26-15(11-31-19)10-18(29)28-17-8-7-14(9-16(17)21(23,24)25)27-20(30)12-3-5-13(22)6-4-12/h3-9,11H,2,10H2,1H3,(H,27,30)(H,28,29). The number of amides is 2. The minimum atomic E-state index is -4.77. The number of nitrogens with one attached hydrogen (secondary N) is 2. The van der Waals surface area contributed by atoms with Crippen LogP contribution in [0.2, 0.25) is 0 Å². The molecule has 1 aromatic heterocycles. The van der Waals surface area contributed by atoms with E-state index in [0.717, 1.165) is 29.3 Å². The first-order valence-corrected chi connectivity index (χ1v) is 10.0. The fourth-order valence-corrected chi connectivity index (χ4v) is 3.47. The Balaban J connectivity index is 1.77. The number of thiazole rings is 1. The number of hydrogen-bond donors (Lipinski definition) is 2. The van der Waals surface area contributed by atoms with Crippen molar-refractivity contribution in [2.45, 2.75) is 25.9 Å². The van der Waals surface area contributed by atoms with Crippen molar-refractivity contribution in [2.75, 3.05) is 10.6 Å². The monoisotopic (exact) mass is 451 g/mol. The SMILES string of the molecule is CCc1nc(CC(=O)Nc2ccc(NC(=O)c3ccc(F)cc3)cc2C(F)(F)F)cs1. The van der Waals surface area contributed by atoms with Gasteiger partial charge in [0.05, 0.1) is 28.4 Å². The molecule has 2 aromatic carbocycles. The van der Waals surface area contributed by atoms with E-state index in [1.807, 2.05) is 6.92 Å². The van der Waals surface area contributed by atoms with Crippen LogP contribution in [0.3, 0.4) is 0 Å². The van der Waals surface area contributed by atoms with Crippen molar-refractivity contribution in [1.82, 2.24) is 4.98 Å². The van der Waals surface area contributed by atoms with E-state index in [2.05, 4.69) is 15.6 Å². The van der Waals surface area contributed by atoms with Crippen molar-refractivity contribution >= 4 is 34.5 Å². The van der Waals surface area contributed by atoms with E-state index in [4.69, 9.17) is 0 Å². The van der Waals surface area contributed by atoms with Crippen LogP contribution < -0.4 is 10.6 Å². The Morgan fingerprint density at radius 3 is 2.39 bits per heavy atom. The minimum absolute atomic E-state index is 0.0852. The molecule has 0 spiro atoms. The zero-order chi connectivity index (χ0) is 22.6. The van der Waals surface area contributed by atoms with Gasteiger partial charge in [0, 0.05) is 16.6 Å². The lowest BCUT2D eigenvalue weighted by molar-refractivity contribution is -0.136. The highest BCUT2D eigenvalue weighted by molar-refractivity contribution is 7.09. The highest BCUT2D eigenvalue weighted by Crippen LogP contribution is 2.36. The summed E-state index contributed by atoms with van der Waals surface area (Å²) in [7, 11) is 0. The Bertz CT molecular complexity index is 1090. The summed E-state index contributed by atoms with van der Waals surface area (Å²) in [5.41, 5.74) is -1.08. The number of aromatic nitrogens is 1. The number of benzene rings is 2. The van der Waals surface area contributed by atoms with Crippen LogP contribution in [0.4, 0.5) is 28.9 Å². The highest BCUT2D eigenvalue weighted by Gasteiger charge is 2.34. The van der Waals surface area contributed by atoms with Gasteiger partial charge in [0.25, 0.3) is 5.91 Å². The number of aryl methyl sites for hydroxylation is 1. The summed E-state index contributed by atoms with van der Waals surface area (Å²) in [4.78, 5) is 28.6. The molecule has 0 aliphatic rings. The van der Waals surface area contributed by atoms with Crippen LogP contribution in [0, 0.1) is 5.82 Å². The van der Waals surface area contributed by atoms with Gasteiger partial charge in [0.15, 0.2) is 0 Å². The van der Waals surface area contributed by atoms with Crippen molar-refractivity contribution in [3.63, 3.8) is 0 Å². The molecule has 3 aromatic rings. The molecule has 0 atom stereocenters. The Kier molecular flexibility index (Phi) is 6.69. The second kappa shape index (κ2) is 9.25. The molecule has 1 heterocycles. The maximum Gasteiger partial charge on any atom is 0.418 e. The first-order valence-electron chi connectivity index (χ1n) is 9.17. The Morgan fingerprint density at radius 2 is 1.77 bits per heavy atom. The number of nitrogens with zero attached hydrogens (tertiary/aromatic N) is 1. The summed E-state index contributed by atoms with van der Waals surface area (Å²) in [6.45, 7) is 1.91. The van der Waals surface area contributed by atoms with E-state index >= 15 is 0 Å². The predicted octanol–water partition coefficient (Wildman–Crippen LogP) is 5.30. The molecular weight excluding hydrogens is 434 g/mol. The lowest BCUT2D eigenvalue weighted by Crippen LogP contribution is -2.19. The molecule has 31 heavy (non-hydrogen) atoms. The molecule has 2 N–H and O–H groups in total. The van der Waals surface area contributed by atoms with Crippen molar-refractivity contribution in [2.24, 2.45) is 0 Å². The predicted molar refractivity (Wildman–Crippen MR) is 110 cm³/mol. The van der Waals surface area contributed by atoms with Crippen LogP contribution in [0.25, 0.3) is 0 Å². The third-order valence-electron chi connectivity index (χ3n) is 4.21. The fourth-order valence-electron chi connectivity index (χ4n) is 2.72. The van der Waals surface area contributed by atoms with Gasteiger partial charge in [-0.25, -0.2) is 9.37 Å². The zero-order valence-corrected chi connectivity index (χ0v) is 17.0. The Labute approximate surface area is 179 Å². The largest absolute Gasteiger partial charge is 0.418 e. The summed E-state index contributed by atoms with van der Waals surface area (Å²) < 4.78 is 53.6. The van der Waals surface area contributed by atoms with Gasteiger partial charge >= 0.3 is 6.18 Å². The van der Waals surface area contributed by atoms with Gasteiger partial charge in [-0.3, -0.25) is 9.59 Å². The molecule has 0 aliphatic heterocycles.